The monoisotopic (exact) mass is 355 g/mol. The predicted molar refractivity (Wildman–Crippen MR) is 98.8 cm³/mol. The zero-order valence-corrected chi connectivity index (χ0v) is 15.0. The third-order valence-electron chi connectivity index (χ3n) is 4.58. The molecular formula is C20H25N3O3. The molecule has 0 aliphatic carbocycles. The van der Waals surface area contributed by atoms with E-state index in [0.717, 1.165) is 24.3 Å². The Morgan fingerprint density at radius 1 is 1.27 bits per heavy atom. The van der Waals surface area contributed by atoms with E-state index in [0.29, 0.717) is 19.7 Å². The van der Waals surface area contributed by atoms with Crippen LogP contribution in [-0.2, 0) is 16.1 Å². The molecule has 2 aromatic rings. The smallest absolute Gasteiger partial charge is 0.234 e. The summed E-state index contributed by atoms with van der Waals surface area (Å²) in [6.45, 7) is 2.12. The maximum Gasteiger partial charge on any atom is 0.234 e. The molecule has 2 heterocycles. The summed E-state index contributed by atoms with van der Waals surface area (Å²) in [5.74, 6) is 0.749. The van der Waals surface area contributed by atoms with Crippen molar-refractivity contribution in [3.05, 3.63) is 60.4 Å². The van der Waals surface area contributed by atoms with Crippen LogP contribution in [0.15, 0.2) is 54.9 Å². The van der Waals surface area contributed by atoms with Gasteiger partial charge in [-0.1, -0.05) is 30.3 Å². The van der Waals surface area contributed by atoms with Crippen molar-refractivity contribution in [3.63, 3.8) is 0 Å². The number of aromatic nitrogens is 1. The highest BCUT2D eigenvalue weighted by molar-refractivity contribution is 5.78. The number of benzene rings is 1. The Bertz CT molecular complexity index is 681. The lowest BCUT2D eigenvalue weighted by Crippen LogP contribution is -2.42. The summed E-state index contributed by atoms with van der Waals surface area (Å²) < 4.78 is 11.3. The van der Waals surface area contributed by atoms with Crippen LogP contribution >= 0.6 is 0 Å². The third kappa shape index (κ3) is 5.28. The van der Waals surface area contributed by atoms with E-state index in [1.807, 2.05) is 42.5 Å². The first-order valence-electron chi connectivity index (χ1n) is 8.85. The average molecular weight is 355 g/mol. The highest BCUT2D eigenvalue weighted by Crippen LogP contribution is 2.21. The number of hydrogen-bond donors (Lipinski definition) is 1. The van der Waals surface area contributed by atoms with E-state index >= 15 is 0 Å². The van der Waals surface area contributed by atoms with Gasteiger partial charge in [-0.2, -0.15) is 0 Å². The second-order valence-corrected chi connectivity index (χ2v) is 6.44. The van der Waals surface area contributed by atoms with Crippen molar-refractivity contribution in [1.82, 2.24) is 15.2 Å². The lowest BCUT2D eigenvalue weighted by Gasteiger charge is -2.23. The summed E-state index contributed by atoms with van der Waals surface area (Å²) in [5.41, 5.74) is 1.09. The maximum atomic E-state index is 12.3. The van der Waals surface area contributed by atoms with E-state index in [-0.39, 0.29) is 18.1 Å². The Labute approximate surface area is 154 Å². The summed E-state index contributed by atoms with van der Waals surface area (Å²) in [7, 11) is 1.71. The van der Waals surface area contributed by atoms with Gasteiger partial charge < -0.3 is 14.8 Å². The minimum Gasteiger partial charge on any atom is -0.490 e. The minimum absolute atomic E-state index is 0.0111. The van der Waals surface area contributed by atoms with Gasteiger partial charge in [0.2, 0.25) is 5.91 Å². The van der Waals surface area contributed by atoms with Crippen molar-refractivity contribution >= 4 is 5.91 Å². The minimum atomic E-state index is 0.0111. The zero-order valence-electron chi connectivity index (χ0n) is 15.0. The second kappa shape index (κ2) is 9.31. The summed E-state index contributed by atoms with van der Waals surface area (Å²) in [5, 5.41) is 2.98. The van der Waals surface area contributed by atoms with Crippen LogP contribution in [0.5, 0.6) is 5.75 Å². The van der Waals surface area contributed by atoms with Crippen molar-refractivity contribution in [2.24, 2.45) is 0 Å². The van der Waals surface area contributed by atoms with Gasteiger partial charge in [-0.15, -0.1) is 0 Å². The van der Waals surface area contributed by atoms with Crippen molar-refractivity contribution < 1.29 is 14.3 Å². The molecule has 138 valence electrons. The van der Waals surface area contributed by atoms with Gasteiger partial charge in [0.25, 0.3) is 0 Å². The van der Waals surface area contributed by atoms with E-state index < -0.39 is 0 Å². The van der Waals surface area contributed by atoms with Gasteiger partial charge in [0.15, 0.2) is 0 Å². The number of carbonyl (C=O) groups is 1. The molecule has 2 atom stereocenters. The fourth-order valence-electron chi connectivity index (χ4n) is 3.14. The molecule has 1 amide bonds. The number of hydrogen-bond acceptors (Lipinski definition) is 5. The van der Waals surface area contributed by atoms with Crippen LogP contribution < -0.4 is 10.1 Å². The zero-order chi connectivity index (χ0) is 18.2. The van der Waals surface area contributed by atoms with Crippen LogP contribution in [0.1, 0.15) is 12.0 Å². The number of rotatable bonds is 8. The number of methoxy groups -OCH3 is 1. The number of ether oxygens (including phenoxy) is 2. The summed E-state index contributed by atoms with van der Waals surface area (Å²) >= 11 is 0. The van der Waals surface area contributed by atoms with E-state index in [2.05, 4.69) is 15.2 Å². The van der Waals surface area contributed by atoms with Gasteiger partial charge in [0.1, 0.15) is 12.4 Å². The third-order valence-corrected chi connectivity index (χ3v) is 4.58. The standard InChI is InChI=1S/C20H25N3O3/c1-25-19-10-17(15-26-18-8-5-9-21-12-18)23(13-19)14-20(24)22-11-16-6-3-2-4-7-16/h2-9,12,17,19H,10-11,13-15H2,1H3,(H,22,24)/t17-,19+/m0/s1. The Morgan fingerprint density at radius 3 is 2.85 bits per heavy atom. The number of likely N-dealkylation sites (tertiary alicyclic amines) is 1. The molecule has 0 bridgehead atoms. The number of carbonyl (C=O) groups excluding carboxylic acids is 1. The van der Waals surface area contributed by atoms with Crippen LogP contribution in [0, 0.1) is 0 Å². The van der Waals surface area contributed by atoms with Gasteiger partial charge in [-0.3, -0.25) is 14.7 Å². The van der Waals surface area contributed by atoms with Crippen molar-refractivity contribution in [2.45, 2.75) is 25.1 Å². The molecule has 1 aliphatic rings. The number of nitrogens with zero attached hydrogens (tertiary/aromatic N) is 2. The van der Waals surface area contributed by atoms with Crippen LogP contribution in [-0.4, -0.2) is 54.7 Å². The molecule has 6 heteroatoms. The lowest BCUT2D eigenvalue weighted by atomic mass is 10.2. The predicted octanol–water partition coefficient (Wildman–Crippen LogP) is 1.87. The summed E-state index contributed by atoms with van der Waals surface area (Å²) in [6, 6.07) is 13.8. The molecule has 1 fully saturated rings. The molecule has 0 radical (unpaired) electrons. The van der Waals surface area contributed by atoms with E-state index in [4.69, 9.17) is 9.47 Å². The first-order valence-corrected chi connectivity index (χ1v) is 8.85. The van der Waals surface area contributed by atoms with Gasteiger partial charge in [0, 0.05) is 32.4 Å². The molecular weight excluding hydrogens is 330 g/mol. The molecule has 0 spiro atoms. The highest BCUT2D eigenvalue weighted by Gasteiger charge is 2.33. The second-order valence-electron chi connectivity index (χ2n) is 6.44. The normalized spacial score (nSPS) is 20.0. The van der Waals surface area contributed by atoms with E-state index in [1.54, 1.807) is 19.5 Å². The molecule has 0 unspecified atom stereocenters. The first-order chi connectivity index (χ1) is 12.7. The Hall–Kier alpha value is -2.44. The van der Waals surface area contributed by atoms with E-state index in [1.165, 1.54) is 0 Å². The van der Waals surface area contributed by atoms with Crippen molar-refractivity contribution in [2.75, 3.05) is 26.8 Å². The molecule has 26 heavy (non-hydrogen) atoms. The summed E-state index contributed by atoms with van der Waals surface area (Å²) in [6.07, 6.45) is 4.38. The SMILES string of the molecule is CO[C@@H]1C[C@@H](COc2cccnc2)N(CC(=O)NCc2ccccc2)C1. The molecule has 3 rings (SSSR count). The average Bonchev–Trinajstić information content (AvgIpc) is 3.08. The van der Waals surface area contributed by atoms with Crippen LogP contribution in [0.2, 0.25) is 0 Å². The Morgan fingerprint density at radius 2 is 2.12 bits per heavy atom. The lowest BCUT2D eigenvalue weighted by molar-refractivity contribution is -0.122. The van der Waals surface area contributed by atoms with Crippen molar-refractivity contribution in [3.8, 4) is 5.75 Å². The Kier molecular flexibility index (Phi) is 6.57. The molecule has 1 aliphatic heterocycles. The fourth-order valence-corrected chi connectivity index (χ4v) is 3.14. The molecule has 1 saturated heterocycles. The quantitative estimate of drug-likeness (QED) is 0.783. The number of pyridine rings is 1. The van der Waals surface area contributed by atoms with Crippen LogP contribution in [0.3, 0.4) is 0 Å². The largest absolute Gasteiger partial charge is 0.490 e. The van der Waals surface area contributed by atoms with Gasteiger partial charge in [0.05, 0.1) is 18.8 Å². The van der Waals surface area contributed by atoms with Gasteiger partial charge in [-0.25, -0.2) is 0 Å². The van der Waals surface area contributed by atoms with Crippen LogP contribution in [0.25, 0.3) is 0 Å². The van der Waals surface area contributed by atoms with E-state index in [9.17, 15) is 4.79 Å². The molecule has 1 N–H and O–H groups in total. The van der Waals surface area contributed by atoms with Gasteiger partial charge in [-0.05, 0) is 24.1 Å². The first kappa shape index (κ1) is 18.4. The molecule has 1 aromatic carbocycles. The summed E-state index contributed by atoms with van der Waals surface area (Å²) in [4.78, 5) is 18.5. The molecule has 6 nitrogen and oxygen atoms in total. The molecule has 1 aromatic heterocycles. The van der Waals surface area contributed by atoms with Crippen LogP contribution in [0.4, 0.5) is 0 Å². The maximum absolute atomic E-state index is 12.3. The van der Waals surface area contributed by atoms with Crippen molar-refractivity contribution in [1.29, 1.82) is 0 Å². The molecule has 0 saturated carbocycles. The fraction of sp³-hybridized carbons (Fsp3) is 0.400. The number of amides is 1. The number of nitrogens with one attached hydrogen (secondary N) is 1. The van der Waals surface area contributed by atoms with Gasteiger partial charge >= 0.3 is 0 Å². The topological polar surface area (TPSA) is 63.7 Å². The Balaban J connectivity index is 1.51. The highest BCUT2D eigenvalue weighted by atomic mass is 16.5.